The fourth-order valence-electron chi connectivity index (χ4n) is 1.79. The first-order chi connectivity index (χ1) is 8.90. The minimum absolute atomic E-state index is 0.0723. The van der Waals surface area contributed by atoms with Gasteiger partial charge in [-0.05, 0) is 30.5 Å². The molecule has 0 saturated carbocycles. The van der Waals surface area contributed by atoms with E-state index in [0.29, 0.717) is 16.7 Å². The van der Waals surface area contributed by atoms with Crippen LogP contribution in [-0.2, 0) is 16.6 Å². The maximum atomic E-state index is 13.5. The van der Waals surface area contributed by atoms with Gasteiger partial charge in [-0.1, -0.05) is 12.1 Å². The number of hydrogen-bond donors (Lipinski definition) is 2. The maximum Gasteiger partial charge on any atom is 0.243 e. The lowest BCUT2D eigenvalue weighted by Crippen LogP contribution is -2.23. The third kappa shape index (κ3) is 2.99. The SMILES string of the molecule is Cc1cc(CNS(=O)(=O)c2cn[nH]c2)cc(C)c1F. The number of hydrogen-bond acceptors (Lipinski definition) is 3. The van der Waals surface area contributed by atoms with Gasteiger partial charge >= 0.3 is 0 Å². The fourth-order valence-corrected chi connectivity index (χ4v) is 2.71. The molecule has 0 unspecified atom stereocenters. The van der Waals surface area contributed by atoms with E-state index in [0.717, 1.165) is 0 Å². The van der Waals surface area contributed by atoms with Crippen molar-refractivity contribution in [3.8, 4) is 0 Å². The van der Waals surface area contributed by atoms with E-state index in [1.807, 2.05) is 0 Å². The van der Waals surface area contributed by atoms with Crippen molar-refractivity contribution in [2.24, 2.45) is 0 Å². The Bertz CT molecular complexity index is 658. The number of aryl methyl sites for hydroxylation is 2. The second-order valence-electron chi connectivity index (χ2n) is 4.30. The zero-order valence-corrected chi connectivity index (χ0v) is 11.4. The molecular weight excluding hydrogens is 269 g/mol. The molecule has 0 aliphatic carbocycles. The summed E-state index contributed by atoms with van der Waals surface area (Å²) >= 11 is 0. The van der Waals surface area contributed by atoms with Crippen molar-refractivity contribution in [2.45, 2.75) is 25.3 Å². The van der Waals surface area contributed by atoms with E-state index in [2.05, 4.69) is 14.9 Å². The van der Waals surface area contributed by atoms with Crippen LogP contribution in [0, 0.1) is 19.7 Å². The van der Waals surface area contributed by atoms with Gasteiger partial charge in [-0.2, -0.15) is 5.10 Å². The topological polar surface area (TPSA) is 74.8 Å². The highest BCUT2D eigenvalue weighted by Gasteiger charge is 2.15. The summed E-state index contributed by atoms with van der Waals surface area (Å²) in [4.78, 5) is 0.0723. The molecule has 1 heterocycles. The molecule has 0 aliphatic rings. The molecule has 1 aromatic carbocycles. The number of benzene rings is 1. The van der Waals surface area contributed by atoms with Gasteiger partial charge in [-0.15, -0.1) is 0 Å². The Hall–Kier alpha value is -1.73. The summed E-state index contributed by atoms with van der Waals surface area (Å²) in [5, 5.41) is 6.03. The first kappa shape index (κ1) is 13.7. The van der Waals surface area contributed by atoms with E-state index < -0.39 is 10.0 Å². The fraction of sp³-hybridized carbons (Fsp3) is 0.250. The Morgan fingerprint density at radius 3 is 2.47 bits per heavy atom. The number of nitrogens with zero attached hydrogens (tertiary/aromatic N) is 1. The largest absolute Gasteiger partial charge is 0.284 e. The molecule has 0 bridgehead atoms. The number of nitrogens with one attached hydrogen (secondary N) is 2. The van der Waals surface area contributed by atoms with E-state index in [1.165, 1.54) is 12.4 Å². The summed E-state index contributed by atoms with van der Waals surface area (Å²) in [7, 11) is -3.59. The van der Waals surface area contributed by atoms with Crippen molar-refractivity contribution in [3.63, 3.8) is 0 Å². The van der Waals surface area contributed by atoms with Crippen molar-refractivity contribution < 1.29 is 12.8 Å². The first-order valence-corrected chi connectivity index (χ1v) is 7.12. The number of sulfonamides is 1. The number of rotatable bonds is 4. The zero-order valence-electron chi connectivity index (χ0n) is 10.6. The molecule has 7 heteroatoms. The lowest BCUT2D eigenvalue weighted by Gasteiger charge is -2.08. The molecule has 2 N–H and O–H groups in total. The second kappa shape index (κ2) is 5.10. The molecule has 19 heavy (non-hydrogen) atoms. The van der Waals surface area contributed by atoms with E-state index in [9.17, 15) is 12.8 Å². The van der Waals surface area contributed by atoms with Crippen LogP contribution in [0.3, 0.4) is 0 Å². The van der Waals surface area contributed by atoms with Crippen molar-refractivity contribution in [3.05, 3.63) is 47.0 Å². The van der Waals surface area contributed by atoms with Crippen LogP contribution in [0.1, 0.15) is 16.7 Å². The van der Waals surface area contributed by atoms with E-state index in [1.54, 1.807) is 26.0 Å². The van der Waals surface area contributed by atoms with E-state index in [-0.39, 0.29) is 17.3 Å². The predicted octanol–water partition coefficient (Wildman–Crippen LogP) is 1.64. The summed E-state index contributed by atoms with van der Waals surface area (Å²) in [5.41, 5.74) is 1.71. The predicted molar refractivity (Wildman–Crippen MR) is 68.5 cm³/mol. The Morgan fingerprint density at radius 1 is 1.32 bits per heavy atom. The molecule has 5 nitrogen and oxygen atoms in total. The summed E-state index contributed by atoms with van der Waals surface area (Å²) < 4.78 is 39.6. The van der Waals surface area contributed by atoms with Crippen LogP contribution < -0.4 is 4.72 Å². The van der Waals surface area contributed by atoms with Crippen LogP contribution in [0.5, 0.6) is 0 Å². The highest BCUT2D eigenvalue weighted by Crippen LogP contribution is 2.15. The Balaban J connectivity index is 2.16. The third-order valence-corrected chi connectivity index (χ3v) is 4.11. The Labute approximate surface area is 110 Å². The van der Waals surface area contributed by atoms with Crippen LogP contribution in [0.4, 0.5) is 4.39 Å². The minimum atomic E-state index is -3.59. The van der Waals surface area contributed by atoms with Gasteiger partial charge in [0.2, 0.25) is 10.0 Å². The zero-order chi connectivity index (χ0) is 14.0. The van der Waals surface area contributed by atoms with E-state index in [4.69, 9.17) is 0 Å². The average molecular weight is 283 g/mol. The highest BCUT2D eigenvalue weighted by atomic mass is 32.2. The van der Waals surface area contributed by atoms with Gasteiger partial charge < -0.3 is 0 Å². The second-order valence-corrected chi connectivity index (χ2v) is 6.07. The molecule has 102 valence electrons. The molecule has 0 amide bonds. The summed E-state index contributed by atoms with van der Waals surface area (Å²) in [6.45, 7) is 3.41. The van der Waals surface area contributed by atoms with Crippen LogP contribution in [-0.4, -0.2) is 18.6 Å². The van der Waals surface area contributed by atoms with Crippen LogP contribution in [0.15, 0.2) is 29.4 Å². The Kier molecular flexibility index (Phi) is 3.68. The van der Waals surface area contributed by atoms with Gasteiger partial charge in [0.15, 0.2) is 0 Å². The standard InChI is InChI=1S/C12H14FN3O2S/c1-8-3-10(4-9(2)12(8)13)5-16-19(17,18)11-6-14-15-7-11/h3-4,6-7,16H,5H2,1-2H3,(H,14,15). The number of halogens is 1. The quantitative estimate of drug-likeness (QED) is 0.895. The Morgan fingerprint density at radius 2 is 1.95 bits per heavy atom. The third-order valence-electron chi connectivity index (χ3n) is 2.75. The van der Waals surface area contributed by atoms with Crippen LogP contribution in [0.25, 0.3) is 0 Å². The van der Waals surface area contributed by atoms with Gasteiger partial charge in [0.25, 0.3) is 0 Å². The molecular formula is C12H14FN3O2S. The smallest absolute Gasteiger partial charge is 0.243 e. The number of aromatic amines is 1. The van der Waals surface area contributed by atoms with Gasteiger partial charge in [-0.25, -0.2) is 17.5 Å². The summed E-state index contributed by atoms with van der Waals surface area (Å²) in [5.74, 6) is -0.263. The number of H-pyrrole nitrogens is 1. The summed E-state index contributed by atoms with van der Waals surface area (Å²) in [6, 6.07) is 3.25. The minimum Gasteiger partial charge on any atom is -0.284 e. The van der Waals surface area contributed by atoms with Crippen LogP contribution >= 0.6 is 0 Å². The van der Waals surface area contributed by atoms with Crippen molar-refractivity contribution in [2.75, 3.05) is 0 Å². The lowest BCUT2D eigenvalue weighted by atomic mass is 10.1. The lowest BCUT2D eigenvalue weighted by molar-refractivity contribution is 0.581. The first-order valence-electron chi connectivity index (χ1n) is 5.64. The van der Waals surface area contributed by atoms with Gasteiger partial charge in [0, 0.05) is 12.7 Å². The molecule has 1 aromatic heterocycles. The molecule has 0 aliphatic heterocycles. The van der Waals surface area contributed by atoms with Crippen molar-refractivity contribution in [1.82, 2.24) is 14.9 Å². The molecule has 0 fully saturated rings. The molecule has 0 atom stereocenters. The molecule has 2 aromatic rings. The van der Waals surface area contributed by atoms with Crippen LogP contribution in [0.2, 0.25) is 0 Å². The highest BCUT2D eigenvalue weighted by molar-refractivity contribution is 7.89. The van der Waals surface area contributed by atoms with Gasteiger partial charge in [-0.3, -0.25) is 5.10 Å². The molecule has 2 rings (SSSR count). The monoisotopic (exact) mass is 283 g/mol. The maximum absolute atomic E-state index is 13.5. The summed E-state index contributed by atoms with van der Waals surface area (Å²) in [6.07, 6.45) is 2.52. The number of aromatic nitrogens is 2. The molecule has 0 radical (unpaired) electrons. The normalized spacial score (nSPS) is 11.7. The molecule has 0 spiro atoms. The van der Waals surface area contributed by atoms with Crippen molar-refractivity contribution in [1.29, 1.82) is 0 Å². The average Bonchev–Trinajstić information content (AvgIpc) is 2.88. The van der Waals surface area contributed by atoms with Crippen molar-refractivity contribution >= 4 is 10.0 Å². The molecule has 0 saturated heterocycles. The van der Waals surface area contributed by atoms with Gasteiger partial charge in [0.1, 0.15) is 10.7 Å². The van der Waals surface area contributed by atoms with Gasteiger partial charge in [0.05, 0.1) is 6.20 Å². The van der Waals surface area contributed by atoms with E-state index >= 15 is 0 Å².